The summed E-state index contributed by atoms with van der Waals surface area (Å²) in [6.07, 6.45) is 2.40. The van der Waals surface area contributed by atoms with E-state index in [1.807, 2.05) is 0 Å². The minimum atomic E-state index is 0.542. The number of ether oxygens (including phenoxy) is 1. The van der Waals surface area contributed by atoms with Gasteiger partial charge in [-0.2, -0.15) is 0 Å². The molecule has 3 nitrogen and oxygen atoms in total. The number of rotatable bonds is 5. The van der Waals surface area contributed by atoms with Crippen molar-refractivity contribution in [2.45, 2.75) is 51.7 Å². The molecule has 3 heteroatoms. The number of hydrogen-bond acceptors (Lipinski definition) is 3. The fourth-order valence-electron chi connectivity index (χ4n) is 2.07. The molecule has 0 aromatic carbocycles. The molecule has 0 amide bonds. The summed E-state index contributed by atoms with van der Waals surface area (Å²) in [7, 11) is 2.22. The molecule has 0 saturated carbocycles. The normalized spacial score (nSPS) is 26.6. The van der Waals surface area contributed by atoms with Crippen LogP contribution in [0.4, 0.5) is 0 Å². The van der Waals surface area contributed by atoms with Crippen LogP contribution in [-0.4, -0.2) is 49.8 Å². The van der Waals surface area contributed by atoms with Gasteiger partial charge in [-0.05, 0) is 33.7 Å². The van der Waals surface area contributed by atoms with Crippen LogP contribution in [-0.2, 0) is 4.74 Å². The maximum absolute atomic E-state index is 5.47. The van der Waals surface area contributed by atoms with Crippen LogP contribution in [0.1, 0.15) is 33.6 Å². The average molecular weight is 214 g/mol. The molecule has 0 aliphatic carbocycles. The second-order valence-corrected chi connectivity index (χ2v) is 4.73. The Balaban J connectivity index is 2.29. The first-order valence-corrected chi connectivity index (χ1v) is 6.18. The first-order chi connectivity index (χ1) is 7.15. The monoisotopic (exact) mass is 214 g/mol. The van der Waals surface area contributed by atoms with Crippen LogP contribution in [0.25, 0.3) is 0 Å². The second-order valence-electron chi connectivity index (χ2n) is 4.73. The van der Waals surface area contributed by atoms with E-state index < -0.39 is 0 Å². The Kier molecular flexibility index (Phi) is 5.58. The fraction of sp³-hybridized carbons (Fsp3) is 1.00. The molecule has 1 rings (SSSR count). The number of hydrogen-bond donors (Lipinski definition) is 1. The lowest BCUT2D eigenvalue weighted by atomic mass is 10.1. The van der Waals surface area contributed by atoms with Crippen LogP contribution in [0.2, 0.25) is 0 Å². The average Bonchev–Trinajstić information content (AvgIpc) is 2.28. The van der Waals surface area contributed by atoms with E-state index in [9.17, 15) is 0 Å². The highest BCUT2D eigenvalue weighted by atomic mass is 16.5. The summed E-state index contributed by atoms with van der Waals surface area (Å²) in [4.78, 5) is 2.47. The lowest BCUT2D eigenvalue weighted by Crippen LogP contribution is -2.46. The van der Waals surface area contributed by atoms with E-state index in [0.717, 1.165) is 19.8 Å². The molecule has 1 fully saturated rings. The second kappa shape index (κ2) is 6.46. The molecule has 90 valence electrons. The first-order valence-electron chi connectivity index (χ1n) is 6.18. The molecule has 15 heavy (non-hydrogen) atoms. The van der Waals surface area contributed by atoms with Crippen molar-refractivity contribution in [1.82, 2.24) is 10.2 Å². The summed E-state index contributed by atoms with van der Waals surface area (Å²) in [5, 5.41) is 3.51. The third kappa shape index (κ3) is 4.09. The Labute approximate surface area is 94.2 Å². The van der Waals surface area contributed by atoms with Crippen molar-refractivity contribution in [1.29, 1.82) is 0 Å². The van der Waals surface area contributed by atoms with E-state index in [1.165, 1.54) is 12.8 Å². The molecule has 3 atom stereocenters. The van der Waals surface area contributed by atoms with Gasteiger partial charge in [-0.25, -0.2) is 0 Å². The van der Waals surface area contributed by atoms with E-state index in [4.69, 9.17) is 4.74 Å². The highest BCUT2D eigenvalue weighted by molar-refractivity contribution is 4.78. The fourth-order valence-corrected chi connectivity index (χ4v) is 2.07. The molecule has 3 unspecified atom stereocenters. The van der Waals surface area contributed by atoms with Crippen LogP contribution in [0.5, 0.6) is 0 Å². The van der Waals surface area contributed by atoms with Crippen LogP contribution < -0.4 is 5.32 Å². The predicted octanol–water partition coefficient (Wildman–Crippen LogP) is 1.48. The van der Waals surface area contributed by atoms with Gasteiger partial charge in [0.15, 0.2) is 0 Å². The summed E-state index contributed by atoms with van der Waals surface area (Å²) < 4.78 is 5.47. The van der Waals surface area contributed by atoms with Gasteiger partial charge < -0.3 is 15.0 Å². The largest absolute Gasteiger partial charge is 0.379 e. The maximum atomic E-state index is 5.47. The highest BCUT2D eigenvalue weighted by Crippen LogP contribution is 2.12. The Hall–Kier alpha value is -0.120. The zero-order chi connectivity index (χ0) is 11.3. The van der Waals surface area contributed by atoms with Gasteiger partial charge in [0.2, 0.25) is 0 Å². The van der Waals surface area contributed by atoms with Crippen molar-refractivity contribution in [3.05, 3.63) is 0 Å². The van der Waals surface area contributed by atoms with E-state index in [1.54, 1.807) is 0 Å². The molecule has 1 saturated heterocycles. The van der Waals surface area contributed by atoms with Gasteiger partial charge in [-0.3, -0.25) is 0 Å². The maximum Gasteiger partial charge on any atom is 0.0620 e. The zero-order valence-electron chi connectivity index (χ0n) is 10.6. The Morgan fingerprint density at radius 3 is 2.67 bits per heavy atom. The van der Waals surface area contributed by atoms with Crippen molar-refractivity contribution in [3.63, 3.8) is 0 Å². The number of nitrogens with zero attached hydrogens (tertiary/aromatic N) is 1. The molecule has 0 bridgehead atoms. The van der Waals surface area contributed by atoms with Crippen molar-refractivity contribution >= 4 is 0 Å². The quantitative estimate of drug-likeness (QED) is 0.750. The number of morpholine rings is 1. The summed E-state index contributed by atoms with van der Waals surface area (Å²) >= 11 is 0. The van der Waals surface area contributed by atoms with Gasteiger partial charge in [0.1, 0.15) is 0 Å². The molecule has 1 N–H and O–H groups in total. The summed E-state index contributed by atoms with van der Waals surface area (Å²) in [6.45, 7) is 9.59. The van der Waals surface area contributed by atoms with Crippen molar-refractivity contribution < 1.29 is 4.74 Å². The summed E-state index contributed by atoms with van der Waals surface area (Å²) in [6, 6.07) is 1.84. The van der Waals surface area contributed by atoms with Gasteiger partial charge in [0.25, 0.3) is 0 Å². The van der Waals surface area contributed by atoms with Crippen molar-refractivity contribution in [2.75, 3.05) is 26.8 Å². The molecule has 0 aromatic heterocycles. The van der Waals surface area contributed by atoms with Crippen molar-refractivity contribution in [3.8, 4) is 0 Å². The molecule has 1 aliphatic rings. The SMILES string of the molecule is CCC(C)N(C)C(C)CC1COCCN1. The molecular weight excluding hydrogens is 188 g/mol. The Morgan fingerprint density at radius 2 is 2.13 bits per heavy atom. The predicted molar refractivity (Wildman–Crippen MR) is 64.2 cm³/mol. The van der Waals surface area contributed by atoms with Crippen molar-refractivity contribution in [2.24, 2.45) is 0 Å². The Morgan fingerprint density at radius 1 is 1.40 bits per heavy atom. The zero-order valence-corrected chi connectivity index (χ0v) is 10.6. The molecular formula is C12H26N2O. The van der Waals surface area contributed by atoms with E-state index in [0.29, 0.717) is 18.1 Å². The van der Waals surface area contributed by atoms with Crippen LogP contribution in [0, 0.1) is 0 Å². The minimum Gasteiger partial charge on any atom is -0.379 e. The van der Waals surface area contributed by atoms with Crippen LogP contribution >= 0.6 is 0 Å². The smallest absolute Gasteiger partial charge is 0.0620 e. The van der Waals surface area contributed by atoms with E-state index in [-0.39, 0.29) is 0 Å². The lowest BCUT2D eigenvalue weighted by molar-refractivity contribution is 0.0606. The first kappa shape index (κ1) is 12.9. The van der Waals surface area contributed by atoms with Gasteiger partial charge in [0.05, 0.1) is 13.2 Å². The Bertz CT molecular complexity index is 169. The molecule has 0 aromatic rings. The minimum absolute atomic E-state index is 0.542. The molecule has 0 spiro atoms. The van der Waals surface area contributed by atoms with Crippen LogP contribution in [0.15, 0.2) is 0 Å². The molecule has 1 heterocycles. The molecule has 0 radical (unpaired) electrons. The van der Waals surface area contributed by atoms with Crippen LogP contribution in [0.3, 0.4) is 0 Å². The summed E-state index contributed by atoms with van der Waals surface area (Å²) in [5.74, 6) is 0. The molecule has 1 aliphatic heterocycles. The van der Waals surface area contributed by atoms with Gasteiger partial charge in [-0.15, -0.1) is 0 Å². The highest BCUT2D eigenvalue weighted by Gasteiger charge is 2.20. The van der Waals surface area contributed by atoms with E-state index >= 15 is 0 Å². The van der Waals surface area contributed by atoms with E-state index in [2.05, 4.69) is 38.0 Å². The van der Waals surface area contributed by atoms with Gasteiger partial charge in [0, 0.05) is 24.7 Å². The standard InChI is InChI=1S/C12H26N2O/c1-5-10(2)14(4)11(3)8-12-9-15-7-6-13-12/h10-13H,5-9H2,1-4H3. The lowest BCUT2D eigenvalue weighted by Gasteiger charge is -2.34. The third-order valence-corrected chi connectivity index (χ3v) is 3.61. The van der Waals surface area contributed by atoms with Gasteiger partial charge in [-0.1, -0.05) is 6.92 Å². The summed E-state index contributed by atoms with van der Waals surface area (Å²) in [5.41, 5.74) is 0. The topological polar surface area (TPSA) is 24.5 Å². The number of nitrogens with one attached hydrogen (secondary N) is 1. The third-order valence-electron chi connectivity index (χ3n) is 3.61. The van der Waals surface area contributed by atoms with Gasteiger partial charge >= 0.3 is 0 Å².